The number of hydrogen-bond acceptors (Lipinski definition) is 8. The number of hydrazine groups is 1. The van der Waals surface area contributed by atoms with Gasteiger partial charge in [-0.15, -0.1) is 10.2 Å². The van der Waals surface area contributed by atoms with Gasteiger partial charge in [0.2, 0.25) is 11.6 Å². The van der Waals surface area contributed by atoms with E-state index in [1.807, 2.05) is 37.3 Å². The molecule has 0 bridgehead atoms. The average molecular weight is 415 g/mol. The van der Waals surface area contributed by atoms with Crippen molar-refractivity contribution in [2.75, 3.05) is 30.9 Å². The Morgan fingerprint density at radius 3 is 2.70 bits per heavy atom. The molecule has 0 unspecified atom stereocenters. The minimum atomic E-state index is 0.107. The van der Waals surface area contributed by atoms with Crippen molar-refractivity contribution in [3.63, 3.8) is 0 Å². The Morgan fingerprint density at radius 2 is 2.00 bits per heavy atom. The summed E-state index contributed by atoms with van der Waals surface area (Å²) in [4.78, 5) is 16.4. The molecule has 30 heavy (non-hydrogen) atoms. The summed E-state index contributed by atoms with van der Waals surface area (Å²) in [6.45, 7) is 7.35. The second-order valence-corrected chi connectivity index (χ2v) is 7.63. The molecular formula is C20H30N8O2. The largest absolute Gasteiger partial charge is 0.494 e. The number of methoxy groups -OCH3 is 1. The summed E-state index contributed by atoms with van der Waals surface area (Å²) in [6, 6.07) is 3.70. The van der Waals surface area contributed by atoms with E-state index >= 15 is 0 Å². The molecule has 1 amide bonds. The smallest absolute Gasteiger partial charge is 0.220 e. The number of ether oxygens (including phenoxy) is 1. The number of benzene rings is 1. The first-order chi connectivity index (χ1) is 14.4. The highest BCUT2D eigenvalue weighted by molar-refractivity contribution is 5.88. The van der Waals surface area contributed by atoms with Gasteiger partial charge in [-0.1, -0.05) is 13.8 Å². The molecule has 3 aromatic rings. The highest BCUT2D eigenvalue weighted by atomic mass is 16.5. The van der Waals surface area contributed by atoms with Crippen LogP contribution in [0, 0.1) is 12.8 Å². The number of aryl methyl sites for hydroxylation is 1. The third kappa shape index (κ3) is 4.70. The van der Waals surface area contributed by atoms with Gasteiger partial charge in [-0.05, 0) is 31.7 Å². The monoisotopic (exact) mass is 414 g/mol. The molecule has 2 aromatic heterocycles. The zero-order valence-electron chi connectivity index (χ0n) is 18.0. The van der Waals surface area contributed by atoms with Crippen LogP contribution >= 0.6 is 0 Å². The number of nitrogens with two attached hydrogens (primary N) is 1. The van der Waals surface area contributed by atoms with Gasteiger partial charge in [0, 0.05) is 25.6 Å². The van der Waals surface area contributed by atoms with Crippen molar-refractivity contribution >= 4 is 34.1 Å². The summed E-state index contributed by atoms with van der Waals surface area (Å²) in [5.74, 6) is 8.11. The lowest BCUT2D eigenvalue weighted by molar-refractivity contribution is -0.121. The number of carbonyl (C=O) groups excluding carboxylic acids is 1. The maximum atomic E-state index is 11.7. The molecule has 0 saturated carbocycles. The summed E-state index contributed by atoms with van der Waals surface area (Å²) >= 11 is 0. The number of amides is 1. The molecule has 162 valence electrons. The van der Waals surface area contributed by atoms with Crippen molar-refractivity contribution in [3.05, 3.63) is 18.0 Å². The highest BCUT2D eigenvalue weighted by Crippen LogP contribution is 2.31. The van der Waals surface area contributed by atoms with Crippen molar-refractivity contribution in [1.29, 1.82) is 0 Å². The fraction of sp³-hybridized carbons (Fsp3) is 0.500. The number of fused-ring (bicyclic) bond motifs is 3. The molecule has 0 aliphatic heterocycles. The van der Waals surface area contributed by atoms with Crippen LogP contribution in [0.3, 0.4) is 0 Å². The first-order valence-electron chi connectivity index (χ1n) is 10.1. The van der Waals surface area contributed by atoms with Crippen molar-refractivity contribution in [2.45, 2.75) is 40.0 Å². The number of hydrogen-bond donors (Lipinski definition) is 4. The Morgan fingerprint density at radius 1 is 1.23 bits per heavy atom. The summed E-state index contributed by atoms with van der Waals surface area (Å²) in [5.41, 5.74) is 5.53. The lowest BCUT2D eigenvalue weighted by Gasteiger charge is -2.13. The Balaban J connectivity index is 1.72. The Bertz CT molecular complexity index is 1030. The van der Waals surface area contributed by atoms with Gasteiger partial charge in [0.15, 0.2) is 5.82 Å². The molecule has 0 aliphatic rings. The molecule has 10 nitrogen and oxygen atoms in total. The van der Waals surface area contributed by atoms with Crippen LogP contribution in [-0.4, -0.2) is 45.7 Å². The summed E-state index contributed by atoms with van der Waals surface area (Å²) in [6.07, 6.45) is 2.33. The van der Waals surface area contributed by atoms with E-state index in [1.165, 1.54) is 0 Å². The van der Waals surface area contributed by atoms with Crippen molar-refractivity contribution in [3.8, 4) is 5.75 Å². The molecule has 1 aromatic carbocycles. The number of nitrogens with zero attached hydrogens (tertiary/aromatic N) is 4. The molecule has 0 aliphatic carbocycles. The van der Waals surface area contributed by atoms with Crippen LogP contribution in [0.5, 0.6) is 5.75 Å². The standard InChI is InChI=1S/C20H30N8O2/c1-12(2)9-18(29)22-7-5-6-8-23-19-20-27-26-13(3)28(20)16-10-15(25-21)17(30-4)11-14(16)24-19/h10-12,25H,5-9,21H2,1-4H3,(H,22,29)(H,23,24). The number of nitrogen functional groups attached to an aromatic ring is 1. The van der Waals surface area contributed by atoms with E-state index in [9.17, 15) is 4.79 Å². The SMILES string of the molecule is COc1cc2nc(NCCCCNC(=O)CC(C)C)c3nnc(C)n3c2cc1NN. The van der Waals surface area contributed by atoms with E-state index in [2.05, 4.69) is 26.3 Å². The molecule has 3 rings (SSSR count). The van der Waals surface area contributed by atoms with Gasteiger partial charge in [0.1, 0.15) is 11.6 Å². The number of nitrogens with one attached hydrogen (secondary N) is 3. The quantitative estimate of drug-likeness (QED) is 0.226. The Kier molecular flexibility index (Phi) is 6.88. The molecule has 2 heterocycles. The predicted molar refractivity (Wildman–Crippen MR) is 118 cm³/mol. The van der Waals surface area contributed by atoms with Gasteiger partial charge in [-0.3, -0.25) is 15.0 Å². The van der Waals surface area contributed by atoms with E-state index in [0.717, 1.165) is 29.7 Å². The van der Waals surface area contributed by atoms with E-state index in [1.54, 1.807) is 7.11 Å². The van der Waals surface area contributed by atoms with E-state index < -0.39 is 0 Å². The second kappa shape index (κ2) is 9.57. The summed E-state index contributed by atoms with van der Waals surface area (Å²) in [5, 5.41) is 14.8. The van der Waals surface area contributed by atoms with Gasteiger partial charge in [-0.2, -0.15) is 0 Å². The summed E-state index contributed by atoms with van der Waals surface area (Å²) < 4.78 is 7.34. The average Bonchev–Trinajstić information content (AvgIpc) is 3.11. The van der Waals surface area contributed by atoms with Gasteiger partial charge in [0.25, 0.3) is 0 Å². The van der Waals surface area contributed by atoms with Gasteiger partial charge >= 0.3 is 0 Å². The predicted octanol–water partition coefficient (Wildman–Crippen LogP) is 2.23. The lowest BCUT2D eigenvalue weighted by atomic mass is 10.1. The van der Waals surface area contributed by atoms with E-state index in [4.69, 9.17) is 15.6 Å². The maximum absolute atomic E-state index is 11.7. The number of unbranched alkanes of at least 4 members (excludes halogenated alkanes) is 1. The topological polar surface area (TPSA) is 131 Å². The Labute approximate surface area is 175 Å². The third-order valence-electron chi connectivity index (χ3n) is 4.77. The molecule has 0 radical (unpaired) electrons. The first kappa shape index (κ1) is 21.6. The molecular weight excluding hydrogens is 384 g/mol. The molecule has 10 heteroatoms. The van der Waals surface area contributed by atoms with Crippen LogP contribution in [0.1, 0.15) is 38.9 Å². The number of anilines is 2. The van der Waals surface area contributed by atoms with Crippen LogP contribution in [0.25, 0.3) is 16.7 Å². The van der Waals surface area contributed by atoms with Crippen LogP contribution in [-0.2, 0) is 4.79 Å². The minimum absolute atomic E-state index is 0.107. The molecule has 0 saturated heterocycles. The van der Waals surface area contributed by atoms with Crippen LogP contribution in [0.4, 0.5) is 11.5 Å². The fourth-order valence-electron chi connectivity index (χ4n) is 3.33. The molecule has 0 atom stereocenters. The zero-order valence-corrected chi connectivity index (χ0v) is 18.0. The number of aromatic nitrogens is 4. The summed E-state index contributed by atoms with van der Waals surface area (Å²) in [7, 11) is 1.59. The van der Waals surface area contributed by atoms with Gasteiger partial charge in [-0.25, -0.2) is 4.98 Å². The van der Waals surface area contributed by atoms with Crippen LogP contribution < -0.4 is 26.6 Å². The van der Waals surface area contributed by atoms with E-state index in [-0.39, 0.29) is 5.91 Å². The number of carbonyl (C=O) groups is 1. The van der Waals surface area contributed by atoms with Gasteiger partial charge < -0.3 is 20.8 Å². The fourth-order valence-corrected chi connectivity index (χ4v) is 3.33. The van der Waals surface area contributed by atoms with Crippen molar-refractivity contribution in [2.24, 2.45) is 11.8 Å². The molecule has 5 N–H and O–H groups in total. The Hall–Kier alpha value is -3.14. The van der Waals surface area contributed by atoms with Crippen molar-refractivity contribution in [1.82, 2.24) is 24.9 Å². The molecule has 0 fully saturated rings. The molecule has 0 spiro atoms. The van der Waals surface area contributed by atoms with E-state index in [0.29, 0.717) is 48.3 Å². The van der Waals surface area contributed by atoms with Crippen LogP contribution in [0.2, 0.25) is 0 Å². The normalized spacial score (nSPS) is 11.3. The third-order valence-corrected chi connectivity index (χ3v) is 4.77. The minimum Gasteiger partial charge on any atom is -0.494 e. The van der Waals surface area contributed by atoms with Crippen LogP contribution in [0.15, 0.2) is 12.1 Å². The maximum Gasteiger partial charge on any atom is 0.220 e. The highest BCUT2D eigenvalue weighted by Gasteiger charge is 2.15. The number of rotatable bonds is 10. The zero-order chi connectivity index (χ0) is 21.7. The first-order valence-corrected chi connectivity index (χ1v) is 10.1. The second-order valence-electron chi connectivity index (χ2n) is 7.63. The lowest BCUT2D eigenvalue weighted by Crippen LogP contribution is -2.25. The van der Waals surface area contributed by atoms with Gasteiger partial charge in [0.05, 0.1) is 23.8 Å². The van der Waals surface area contributed by atoms with Crippen molar-refractivity contribution < 1.29 is 9.53 Å².